The van der Waals surface area contributed by atoms with Gasteiger partial charge in [0.2, 0.25) is 0 Å². The molecule has 0 radical (unpaired) electrons. The van der Waals surface area contributed by atoms with Crippen LogP contribution in [0.3, 0.4) is 0 Å². The summed E-state index contributed by atoms with van der Waals surface area (Å²) in [6.45, 7) is 4.13. The molecular formula is C14H21NO2S. The maximum Gasteiger partial charge on any atom is 0.346 e. The van der Waals surface area contributed by atoms with Crippen LogP contribution in [0.5, 0.6) is 0 Å². The normalized spacial score (nSPS) is 21.7. The summed E-state index contributed by atoms with van der Waals surface area (Å²) in [6, 6.07) is 2.58. The van der Waals surface area contributed by atoms with E-state index in [1.54, 1.807) is 0 Å². The van der Waals surface area contributed by atoms with Crippen LogP contribution in [0.2, 0.25) is 0 Å². The van der Waals surface area contributed by atoms with E-state index in [0.717, 1.165) is 25.1 Å². The number of carboxylic acids is 1. The molecule has 3 nitrogen and oxygen atoms in total. The van der Waals surface area contributed by atoms with E-state index in [4.69, 9.17) is 5.11 Å². The molecule has 1 fully saturated rings. The van der Waals surface area contributed by atoms with Crippen LogP contribution < -0.4 is 0 Å². The monoisotopic (exact) mass is 267 g/mol. The summed E-state index contributed by atoms with van der Waals surface area (Å²) in [5, 5.41) is 11.0. The summed E-state index contributed by atoms with van der Waals surface area (Å²) < 4.78 is 0. The van der Waals surface area contributed by atoms with Gasteiger partial charge in [0.05, 0.1) is 0 Å². The van der Waals surface area contributed by atoms with Crippen LogP contribution >= 0.6 is 11.3 Å². The van der Waals surface area contributed by atoms with Gasteiger partial charge in [0.15, 0.2) is 0 Å². The molecule has 0 spiro atoms. The lowest BCUT2D eigenvalue weighted by Crippen LogP contribution is -2.34. The number of aromatic carboxylic acids is 1. The van der Waals surface area contributed by atoms with Crippen LogP contribution in [0.15, 0.2) is 11.4 Å². The Morgan fingerprint density at radius 3 is 3.06 bits per heavy atom. The SMILES string of the molecule is CCC1CCCCCN1Cc1ccsc1C(=O)O. The number of likely N-dealkylation sites (tertiary alicyclic amines) is 1. The number of hydrogen-bond acceptors (Lipinski definition) is 3. The highest BCUT2D eigenvalue weighted by Crippen LogP contribution is 2.24. The van der Waals surface area contributed by atoms with Crippen molar-refractivity contribution in [3.05, 3.63) is 21.9 Å². The predicted octanol–water partition coefficient (Wildman–Crippen LogP) is 3.60. The maximum absolute atomic E-state index is 11.1. The molecule has 0 aliphatic carbocycles. The van der Waals surface area contributed by atoms with E-state index in [0.29, 0.717) is 10.9 Å². The Morgan fingerprint density at radius 1 is 1.50 bits per heavy atom. The summed E-state index contributed by atoms with van der Waals surface area (Å²) in [6.07, 6.45) is 6.27. The van der Waals surface area contributed by atoms with Crippen molar-refractivity contribution in [2.45, 2.75) is 51.6 Å². The highest BCUT2D eigenvalue weighted by atomic mass is 32.1. The van der Waals surface area contributed by atoms with Gasteiger partial charge in [-0.25, -0.2) is 4.79 Å². The van der Waals surface area contributed by atoms with E-state index in [1.807, 2.05) is 11.4 Å². The minimum absolute atomic E-state index is 0.508. The van der Waals surface area contributed by atoms with Crippen LogP contribution in [-0.4, -0.2) is 28.6 Å². The van der Waals surface area contributed by atoms with E-state index in [9.17, 15) is 4.79 Å². The van der Waals surface area contributed by atoms with Gasteiger partial charge in [-0.2, -0.15) is 0 Å². The van der Waals surface area contributed by atoms with Crippen LogP contribution in [-0.2, 0) is 6.54 Å². The van der Waals surface area contributed by atoms with Gasteiger partial charge in [-0.3, -0.25) is 4.90 Å². The Kier molecular flexibility index (Phi) is 4.78. The molecule has 2 heterocycles. The van der Waals surface area contributed by atoms with Crippen LogP contribution in [0.25, 0.3) is 0 Å². The van der Waals surface area contributed by atoms with E-state index in [-0.39, 0.29) is 0 Å². The molecule has 1 aromatic rings. The fourth-order valence-electron chi connectivity index (χ4n) is 2.77. The molecule has 1 aromatic heterocycles. The first kappa shape index (κ1) is 13.6. The second-order valence-electron chi connectivity index (χ2n) is 4.96. The standard InChI is InChI=1S/C14H21NO2S/c1-2-12-6-4-3-5-8-15(12)10-11-7-9-18-13(11)14(16)17/h7,9,12H,2-6,8,10H2,1H3,(H,16,17). The maximum atomic E-state index is 11.1. The third-order valence-electron chi connectivity index (χ3n) is 3.78. The van der Waals surface area contributed by atoms with Crippen molar-refractivity contribution < 1.29 is 9.90 Å². The fraction of sp³-hybridized carbons (Fsp3) is 0.643. The van der Waals surface area contributed by atoms with Crippen molar-refractivity contribution in [2.24, 2.45) is 0 Å². The van der Waals surface area contributed by atoms with Gasteiger partial charge in [-0.1, -0.05) is 19.8 Å². The minimum atomic E-state index is -0.789. The van der Waals surface area contributed by atoms with Gasteiger partial charge in [-0.05, 0) is 42.8 Å². The Balaban J connectivity index is 2.10. The lowest BCUT2D eigenvalue weighted by molar-refractivity contribution is 0.0699. The van der Waals surface area contributed by atoms with E-state index in [2.05, 4.69) is 11.8 Å². The Morgan fingerprint density at radius 2 is 2.33 bits per heavy atom. The van der Waals surface area contributed by atoms with E-state index in [1.165, 1.54) is 37.0 Å². The molecule has 18 heavy (non-hydrogen) atoms. The molecule has 0 amide bonds. The summed E-state index contributed by atoms with van der Waals surface area (Å²) in [5.41, 5.74) is 0.979. The van der Waals surface area contributed by atoms with Gasteiger partial charge in [0, 0.05) is 12.6 Å². The summed E-state index contributed by atoms with van der Waals surface area (Å²) in [4.78, 5) is 14.1. The van der Waals surface area contributed by atoms with Crippen molar-refractivity contribution in [3.8, 4) is 0 Å². The molecule has 1 N–H and O–H groups in total. The zero-order valence-electron chi connectivity index (χ0n) is 10.9. The first-order valence-corrected chi connectivity index (χ1v) is 7.64. The van der Waals surface area contributed by atoms with Crippen molar-refractivity contribution in [1.29, 1.82) is 0 Å². The highest BCUT2D eigenvalue weighted by Gasteiger charge is 2.22. The second-order valence-corrected chi connectivity index (χ2v) is 5.88. The summed E-state index contributed by atoms with van der Waals surface area (Å²) >= 11 is 1.33. The number of hydrogen-bond donors (Lipinski definition) is 1. The molecule has 1 unspecified atom stereocenters. The number of thiophene rings is 1. The molecular weight excluding hydrogens is 246 g/mol. The van der Waals surface area contributed by atoms with Gasteiger partial charge < -0.3 is 5.11 Å². The number of carbonyl (C=O) groups is 1. The summed E-state index contributed by atoms with van der Waals surface area (Å²) in [5.74, 6) is -0.789. The molecule has 1 aliphatic heterocycles. The van der Waals surface area contributed by atoms with Crippen molar-refractivity contribution >= 4 is 17.3 Å². The van der Waals surface area contributed by atoms with Crippen LogP contribution in [0.1, 0.15) is 54.3 Å². The predicted molar refractivity (Wildman–Crippen MR) is 74.2 cm³/mol. The lowest BCUT2D eigenvalue weighted by Gasteiger charge is -2.29. The van der Waals surface area contributed by atoms with Crippen LogP contribution in [0, 0.1) is 0 Å². The van der Waals surface area contributed by atoms with Crippen molar-refractivity contribution in [2.75, 3.05) is 6.54 Å². The largest absolute Gasteiger partial charge is 0.477 e. The molecule has 0 aromatic carbocycles. The molecule has 100 valence electrons. The molecule has 1 aliphatic rings. The molecule has 0 bridgehead atoms. The minimum Gasteiger partial charge on any atom is -0.477 e. The van der Waals surface area contributed by atoms with Gasteiger partial charge in [-0.15, -0.1) is 11.3 Å². The average molecular weight is 267 g/mol. The smallest absolute Gasteiger partial charge is 0.346 e. The lowest BCUT2D eigenvalue weighted by atomic mass is 10.1. The second kappa shape index (κ2) is 6.34. The quantitative estimate of drug-likeness (QED) is 0.906. The molecule has 1 saturated heterocycles. The number of carboxylic acid groups (broad SMARTS) is 1. The average Bonchev–Trinajstić information content (AvgIpc) is 2.69. The summed E-state index contributed by atoms with van der Waals surface area (Å²) in [7, 11) is 0. The van der Waals surface area contributed by atoms with Gasteiger partial charge >= 0.3 is 5.97 Å². The molecule has 0 saturated carbocycles. The van der Waals surface area contributed by atoms with Crippen molar-refractivity contribution in [1.82, 2.24) is 4.90 Å². The number of nitrogens with zero attached hydrogens (tertiary/aromatic N) is 1. The Hall–Kier alpha value is -0.870. The highest BCUT2D eigenvalue weighted by molar-refractivity contribution is 7.12. The first-order chi connectivity index (χ1) is 8.72. The van der Waals surface area contributed by atoms with E-state index < -0.39 is 5.97 Å². The molecule has 2 rings (SSSR count). The fourth-order valence-corrected chi connectivity index (χ4v) is 3.53. The third kappa shape index (κ3) is 3.12. The third-order valence-corrected chi connectivity index (χ3v) is 4.73. The Labute approximate surface area is 112 Å². The van der Waals surface area contributed by atoms with Gasteiger partial charge in [0.1, 0.15) is 4.88 Å². The molecule has 4 heteroatoms. The van der Waals surface area contributed by atoms with Crippen LogP contribution in [0.4, 0.5) is 0 Å². The molecule has 1 atom stereocenters. The number of rotatable bonds is 4. The van der Waals surface area contributed by atoms with E-state index >= 15 is 0 Å². The van der Waals surface area contributed by atoms with Crippen molar-refractivity contribution in [3.63, 3.8) is 0 Å². The zero-order valence-corrected chi connectivity index (χ0v) is 11.7. The topological polar surface area (TPSA) is 40.5 Å². The zero-order chi connectivity index (χ0) is 13.0. The first-order valence-electron chi connectivity index (χ1n) is 6.76. The Bertz CT molecular complexity index is 402. The van der Waals surface area contributed by atoms with Gasteiger partial charge in [0.25, 0.3) is 0 Å².